The van der Waals surface area contributed by atoms with Gasteiger partial charge in [0.2, 0.25) is 0 Å². The Labute approximate surface area is 227 Å². The van der Waals surface area contributed by atoms with Gasteiger partial charge in [-0.2, -0.15) is 0 Å². The van der Waals surface area contributed by atoms with Crippen molar-refractivity contribution in [3.63, 3.8) is 0 Å². The van der Waals surface area contributed by atoms with Crippen LogP contribution in [0.3, 0.4) is 0 Å². The summed E-state index contributed by atoms with van der Waals surface area (Å²) in [4.78, 5) is 0. The fraction of sp³-hybridized carbons (Fsp3) is 0.172. The van der Waals surface area contributed by atoms with Crippen LogP contribution < -0.4 is 40.2 Å². The molecule has 7 heteroatoms. The maximum atomic E-state index is 5.14. The Hall–Kier alpha value is -2.52. The summed E-state index contributed by atoms with van der Waals surface area (Å²) in [7, 11) is 8.05. The molecular formula is C29H33GeO4P2. The monoisotopic (exact) mass is 581 g/mol. The van der Waals surface area contributed by atoms with E-state index in [4.69, 9.17) is 18.9 Å². The molecule has 0 spiro atoms. The molecule has 0 N–H and O–H groups in total. The third-order valence-electron chi connectivity index (χ3n) is 4.94. The Morgan fingerprint density at radius 3 is 0.667 bits per heavy atom. The first-order valence-corrected chi connectivity index (χ1v) is 15.3. The van der Waals surface area contributed by atoms with E-state index in [0.717, 1.165) is 23.0 Å². The van der Waals surface area contributed by atoms with Crippen molar-refractivity contribution in [3.8, 4) is 23.0 Å². The Balaban J connectivity index is 0.000000237. The molecule has 36 heavy (non-hydrogen) atoms. The van der Waals surface area contributed by atoms with E-state index in [1.165, 1.54) is 21.2 Å². The van der Waals surface area contributed by atoms with E-state index in [9.17, 15) is 0 Å². The molecule has 0 aliphatic rings. The van der Waals surface area contributed by atoms with Crippen LogP contribution in [0.1, 0.15) is 0 Å². The van der Waals surface area contributed by atoms with Crippen LogP contribution in [0.25, 0.3) is 0 Å². The molecule has 4 aromatic rings. The van der Waals surface area contributed by atoms with Gasteiger partial charge in [0.25, 0.3) is 0 Å². The average molecular weight is 580 g/mol. The van der Waals surface area contributed by atoms with E-state index in [1.54, 1.807) is 28.4 Å². The summed E-state index contributed by atoms with van der Waals surface area (Å²) in [5, 5.41) is 5.21. The van der Waals surface area contributed by atoms with Crippen molar-refractivity contribution < 1.29 is 18.9 Å². The molecule has 0 fully saturated rings. The molecule has 0 saturated heterocycles. The van der Waals surface area contributed by atoms with Crippen LogP contribution in [0.2, 0.25) is 5.76 Å². The summed E-state index contributed by atoms with van der Waals surface area (Å²) in [5.41, 5.74) is 0. The molecular weight excluding hydrogens is 547 g/mol. The molecule has 0 atom stereocenters. The van der Waals surface area contributed by atoms with Crippen molar-refractivity contribution in [2.24, 2.45) is 0 Å². The van der Waals surface area contributed by atoms with Crippen LogP contribution in [-0.4, -0.2) is 45.0 Å². The van der Waals surface area contributed by atoms with Crippen molar-refractivity contribution in [2.45, 2.75) is 5.76 Å². The van der Waals surface area contributed by atoms with Crippen molar-refractivity contribution in [1.29, 1.82) is 0 Å². The average Bonchev–Trinajstić information content (AvgIpc) is 2.96. The summed E-state index contributed by atoms with van der Waals surface area (Å²) >= 11 is 2.00. The number of benzene rings is 4. The molecule has 0 heterocycles. The SMILES string of the molecule is COc1ccc(Pc2ccc(OC)cc2)cc1.COc1ccc(Pc2ccc(OC)cc2)cc1.[CH3][Ge]. The Morgan fingerprint density at radius 1 is 0.361 bits per heavy atom. The number of ether oxygens (including phenoxy) is 4. The zero-order chi connectivity index (χ0) is 26.2. The number of rotatable bonds is 8. The molecule has 0 bridgehead atoms. The van der Waals surface area contributed by atoms with Crippen molar-refractivity contribution in [3.05, 3.63) is 97.1 Å². The van der Waals surface area contributed by atoms with Gasteiger partial charge in [-0.05, 0) is 69.7 Å². The third-order valence-corrected chi connectivity index (χ3v) is 7.43. The summed E-state index contributed by atoms with van der Waals surface area (Å²) in [6, 6.07) is 32.7. The summed E-state index contributed by atoms with van der Waals surface area (Å²) in [6.07, 6.45) is 0. The molecule has 0 amide bonds. The first-order chi connectivity index (χ1) is 17.6. The molecule has 4 aromatic carbocycles. The quantitative estimate of drug-likeness (QED) is 0.220. The van der Waals surface area contributed by atoms with Gasteiger partial charge >= 0.3 is 22.3 Å². The van der Waals surface area contributed by atoms with Crippen LogP contribution in [0, 0.1) is 0 Å². The fourth-order valence-electron chi connectivity index (χ4n) is 3.03. The number of methoxy groups -OCH3 is 4. The predicted octanol–water partition coefficient (Wildman–Crippen LogP) is 4.87. The molecule has 0 aromatic heterocycles. The Morgan fingerprint density at radius 2 is 0.528 bits per heavy atom. The van der Waals surface area contributed by atoms with Crippen LogP contribution in [0.4, 0.5) is 0 Å². The van der Waals surface area contributed by atoms with Crippen molar-refractivity contribution in [2.75, 3.05) is 28.4 Å². The minimum absolute atomic E-state index is 0.661. The molecule has 4 nitrogen and oxygen atoms in total. The van der Waals surface area contributed by atoms with Gasteiger partial charge in [-0.1, -0.05) is 65.7 Å². The Bertz CT molecular complexity index is 934. The fourth-order valence-corrected chi connectivity index (χ4v) is 5.03. The second kappa shape index (κ2) is 17.0. The normalized spacial score (nSPS) is 9.61. The first kappa shape index (κ1) is 29.7. The predicted molar refractivity (Wildman–Crippen MR) is 159 cm³/mol. The molecule has 0 aliphatic heterocycles. The van der Waals surface area contributed by atoms with Gasteiger partial charge in [0.1, 0.15) is 23.0 Å². The van der Waals surface area contributed by atoms with E-state index < -0.39 is 0 Å². The molecule has 4 rings (SSSR count). The molecule has 3 radical (unpaired) electrons. The molecule has 0 saturated carbocycles. The van der Waals surface area contributed by atoms with E-state index in [1.807, 2.05) is 70.8 Å². The second-order valence-corrected chi connectivity index (χ2v) is 9.97. The van der Waals surface area contributed by atoms with Crippen LogP contribution in [-0.2, 0) is 0 Å². The van der Waals surface area contributed by atoms with Crippen LogP contribution in [0.5, 0.6) is 23.0 Å². The zero-order valence-electron chi connectivity index (χ0n) is 21.4. The minimum atomic E-state index is 0.661. The van der Waals surface area contributed by atoms with E-state index >= 15 is 0 Å². The van der Waals surface area contributed by atoms with Gasteiger partial charge in [0.05, 0.1) is 28.4 Å². The third kappa shape index (κ3) is 10.2. The van der Waals surface area contributed by atoms with E-state index in [-0.39, 0.29) is 0 Å². The Kier molecular flexibility index (Phi) is 14.1. The first-order valence-electron chi connectivity index (χ1n) is 11.2. The summed E-state index contributed by atoms with van der Waals surface area (Å²) in [6.45, 7) is 0. The summed E-state index contributed by atoms with van der Waals surface area (Å²) in [5.74, 6) is 5.59. The van der Waals surface area contributed by atoms with Gasteiger partial charge in [0.15, 0.2) is 0 Å². The standard InChI is InChI=1S/2C14H15O2P.CH3Ge/c2*1-15-11-3-7-13(8-4-11)17-14-9-5-12(16-2)6-10-14;1-2/h2*3-10,17H,1-2H3;1H3. The molecule has 187 valence electrons. The van der Waals surface area contributed by atoms with Gasteiger partial charge in [0, 0.05) is 0 Å². The van der Waals surface area contributed by atoms with Crippen LogP contribution in [0.15, 0.2) is 97.1 Å². The van der Waals surface area contributed by atoms with Gasteiger partial charge in [-0.25, -0.2) is 0 Å². The van der Waals surface area contributed by atoms with Gasteiger partial charge in [-0.15, -0.1) is 0 Å². The maximum absolute atomic E-state index is 5.14. The zero-order valence-corrected chi connectivity index (χ0v) is 25.5. The molecule has 0 aliphatic carbocycles. The number of hydrogen-bond acceptors (Lipinski definition) is 4. The van der Waals surface area contributed by atoms with E-state index in [0.29, 0.717) is 17.2 Å². The van der Waals surface area contributed by atoms with Crippen LogP contribution >= 0.6 is 17.2 Å². The summed E-state index contributed by atoms with van der Waals surface area (Å²) < 4.78 is 20.5. The second-order valence-electron chi connectivity index (χ2n) is 7.16. The van der Waals surface area contributed by atoms with Crippen molar-refractivity contribution >= 4 is 54.9 Å². The van der Waals surface area contributed by atoms with Gasteiger partial charge < -0.3 is 18.9 Å². The number of hydrogen-bond donors (Lipinski definition) is 0. The van der Waals surface area contributed by atoms with Crippen molar-refractivity contribution in [1.82, 2.24) is 0 Å². The van der Waals surface area contributed by atoms with Gasteiger partial charge in [-0.3, -0.25) is 0 Å². The topological polar surface area (TPSA) is 36.9 Å². The van der Waals surface area contributed by atoms with E-state index in [2.05, 4.69) is 48.5 Å². The molecule has 0 unspecified atom stereocenters.